The maximum Gasteiger partial charge on any atom is 0.243 e. The number of rotatable bonds is 4. The van der Waals surface area contributed by atoms with Crippen LogP contribution >= 0.6 is 24.0 Å². The molecular formula is C17H30IN5O2. The van der Waals surface area contributed by atoms with Gasteiger partial charge in [0, 0.05) is 39.1 Å². The average Bonchev–Trinajstić information content (AvgIpc) is 3.17. The minimum absolute atomic E-state index is 0. The van der Waals surface area contributed by atoms with Gasteiger partial charge in [0.05, 0.1) is 0 Å². The van der Waals surface area contributed by atoms with E-state index in [0.29, 0.717) is 25.0 Å². The zero-order valence-electron chi connectivity index (χ0n) is 15.1. The highest BCUT2D eigenvalue weighted by Gasteiger charge is 2.40. The van der Waals surface area contributed by atoms with Crippen molar-refractivity contribution in [1.29, 1.82) is 0 Å². The molecule has 2 bridgehead atoms. The lowest BCUT2D eigenvalue weighted by Crippen LogP contribution is -2.54. The van der Waals surface area contributed by atoms with Crippen LogP contribution in [-0.2, 0) is 9.59 Å². The zero-order valence-corrected chi connectivity index (χ0v) is 17.4. The van der Waals surface area contributed by atoms with Crippen LogP contribution in [0.5, 0.6) is 0 Å². The number of fused-ring (bicyclic) bond motifs is 2. The Balaban J connectivity index is 0.00000225. The molecule has 3 rings (SSSR count). The number of amides is 2. The van der Waals surface area contributed by atoms with E-state index < -0.39 is 0 Å². The van der Waals surface area contributed by atoms with Crippen molar-refractivity contribution in [3.05, 3.63) is 0 Å². The van der Waals surface area contributed by atoms with Crippen molar-refractivity contribution < 1.29 is 9.59 Å². The summed E-state index contributed by atoms with van der Waals surface area (Å²) in [4.78, 5) is 29.2. The van der Waals surface area contributed by atoms with Gasteiger partial charge in [-0.05, 0) is 37.5 Å². The van der Waals surface area contributed by atoms with Crippen molar-refractivity contribution in [2.75, 3.05) is 27.2 Å². The van der Waals surface area contributed by atoms with Crippen LogP contribution < -0.4 is 16.0 Å². The topological polar surface area (TPSA) is 85.8 Å². The molecule has 0 aromatic carbocycles. The number of guanidine groups is 1. The molecule has 2 amide bonds. The summed E-state index contributed by atoms with van der Waals surface area (Å²) in [6, 6.07) is 0.629. The van der Waals surface area contributed by atoms with Gasteiger partial charge in [-0.25, -0.2) is 4.99 Å². The van der Waals surface area contributed by atoms with Crippen molar-refractivity contribution in [2.45, 2.75) is 50.6 Å². The van der Waals surface area contributed by atoms with Crippen molar-refractivity contribution in [3.8, 4) is 0 Å². The van der Waals surface area contributed by atoms with Gasteiger partial charge in [-0.3, -0.25) is 9.59 Å². The van der Waals surface area contributed by atoms with Gasteiger partial charge in [-0.1, -0.05) is 6.42 Å². The van der Waals surface area contributed by atoms with Gasteiger partial charge >= 0.3 is 0 Å². The highest BCUT2D eigenvalue weighted by Crippen LogP contribution is 2.44. The standard InChI is InChI=1S/C17H29N5O2.HI/c1-22(2)16(24)10-19-17(20-13-5-6-15(23)18-9-13)21-14-8-11-3-4-12(14)7-11;/h11-14H,3-10H2,1-2H3,(H,18,23)(H2,19,20,21);1H. The lowest BCUT2D eigenvalue weighted by Gasteiger charge is -2.29. The molecular weight excluding hydrogens is 433 g/mol. The smallest absolute Gasteiger partial charge is 0.243 e. The Bertz CT molecular complexity index is 515. The number of piperidine rings is 1. The van der Waals surface area contributed by atoms with Crippen LogP contribution in [0.4, 0.5) is 0 Å². The van der Waals surface area contributed by atoms with Crippen molar-refractivity contribution in [1.82, 2.24) is 20.9 Å². The van der Waals surface area contributed by atoms with E-state index in [4.69, 9.17) is 0 Å². The average molecular weight is 463 g/mol. The summed E-state index contributed by atoms with van der Waals surface area (Å²) >= 11 is 0. The minimum atomic E-state index is -0.0130. The molecule has 4 atom stereocenters. The highest BCUT2D eigenvalue weighted by molar-refractivity contribution is 14.0. The Hall–Kier alpha value is -1.06. The normalized spacial score (nSPS) is 31.1. The SMILES string of the molecule is CN(C)C(=O)CN=C(NC1CCC(=O)NC1)NC1CC2CCC1C2.I. The van der Waals surface area contributed by atoms with Crippen LogP contribution in [-0.4, -0.2) is 61.9 Å². The van der Waals surface area contributed by atoms with E-state index in [0.717, 1.165) is 18.3 Å². The molecule has 142 valence electrons. The third-order valence-electron chi connectivity index (χ3n) is 5.54. The number of aliphatic imine (C=N–C) groups is 1. The molecule has 3 fully saturated rings. The molecule has 3 aliphatic rings. The fourth-order valence-corrected chi connectivity index (χ4v) is 4.07. The van der Waals surface area contributed by atoms with Crippen LogP contribution in [0.3, 0.4) is 0 Å². The van der Waals surface area contributed by atoms with Crippen molar-refractivity contribution in [3.63, 3.8) is 0 Å². The van der Waals surface area contributed by atoms with Crippen LogP contribution in [0, 0.1) is 11.8 Å². The predicted molar refractivity (Wildman–Crippen MR) is 108 cm³/mol. The second-order valence-corrected chi connectivity index (χ2v) is 7.56. The third-order valence-corrected chi connectivity index (χ3v) is 5.54. The number of nitrogens with one attached hydrogen (secondary N) is 3. The Kier molecular flexibility index (Phi) is 7.33. The minimum Gasteiger partial charge on any atom is -0.354 e. The van der Waals surface area contributed by atoms with Crippen LogP contribution in [0.15, 0.2) is 4.99 Å². The second kappa shape index (κ2) is 9.05. The summed E-state index contributed by atoms with van der Waals surface area (Å²) < 4.78 is 0. The molecule has 7 nitrogen and oxygen atoms in total. The summed E-state index contributed by atoms with van der Waals surface area (Å²) in [5, 5.41) is 9.85. The molecule has 1 heterocycles. The Labute approximate surface area is 166 Å². The number of halogens is 1. The van der Waals surface area contributed by atoms with Crippen LogP contribution in [0.1, 0.15) is 38.5 Å². The van der Waals surface area contributed by atoms with E-state index in [2.05, 4.69) is 20.9 Å². The van der Waals surface area contributed by atoms with Gasteiger partial charge < -0.3 is 20.9 Å². The van der Waals surface area contributed by atoms with E-state index in [9.17, 15) is 9.59 Å². The predicted octanol–water partition coefficient (Wildman–Crippen LogP) is 0.695. The van der Waals surface area contributed by atoms with Gasteiger partial charge in [0.15, 0.2) is 5.96 Å². The first-order valence-corrected chi connectivity index (χ1v) is 9.05. The molecule has 0 aromatic rings. The van der Waals surface area contributed by atoms with E-state index in [1.807, 2.05) is 0 Å². The molecule has 25 heavy (non-hydrogen) atoms. The zero-order chi connectivity index (χ0) is 17.1. The quantitative estimate of drug-likeness (QED) is 0.326. The Morgan fingerprint density at radius 2 is 2.04 bits per heavy atom. The van der Waals surface area contributed by atoms with Crippen molar-refractivity contribution in [2.24, 2.45) is 16.8 Å². The number of carbonyl (C=O) groups excluding carboxylic acids is 2. The monoisotopic (exact) mass is 463 g/mol. The Morgan fingerprint density at radius 1 is 1.24 bits per heavy atom. The van der Waals surface area contributed by atoms with E-state index in [-0.39, 0.29) is 48.4 Å². The molecule has 0 radical (unpaired) electrons. The molecule has 4 unspecified atom stereocenters. The first-order chi connectivity index (χ1) is 11.5. The van der Waals surface area contributed by atoms with E-state index in [1.54, 1.807) is 19.0 Å². The fraction of sp³-hybridized carbons (Fsp3) is 0.824. The van der Waals surface area contributed by atoms with Crippen LogP contribution in [0.2, 0.25) is 0 Å². The summed E-state index contributed by atoms with van der Waals surface area (Å²) in [7, 11) is 3.48. The lowest BCUT2D eigenvalue weighted by atomic mass is 9.95. The van der Waals surface area contributed by atoms with Gasteiger partial charge in [-0.15, -0.1) is 24.0 Å². The first-order valence-electron chi connectivity index (χ1n) is 9.05. The Morgan fingerprint density at radius 3 is 2.60 bits per heavy atom. The second-order valence-electron chi connectivity index (χ2n) is 7.56. The summed E-state index contributed by atoms with van der Waals surface area (Å²) in [5.74, 6) is 2.39. The molecule has 1 aliphatic heterocycles. The first kappa shape index (κ1) is 20.3. The molecule has 8 heteroatoms. The molecule has 0 spiro atoms. The number of hydrogen-bond donors (Lipinski definition) is 3. The van der Waals surface area contributed by atoms with Gasteiger partial charge in [0.25, 0.3) is 0 Å². The lowest BCUT2D eigenvalue weighted by molar-refractivity contribution is -0.127. The molecule has 2 aliphatic carbocycles. The van der Waals surface area contributed by atoms with Gasteiger partial charge in [-0.2, -0.15) is 0 Å². The summed E-state index contributed by atoms with van der Waals surface area (Å²) in [5.41, 5.74) is 0. The van der Waals surface area contributed by atoms with Crippen LogP contribution in [0.25, 0.3) is 0 Å². The van der Waals surface area contributed by atoms with E-state index >= 15 is 0 Å². The van der Waals surface area contributed by atoms with Gasteiger partial charge in [0.1, 0.15) is 6.54 Å². The maximum atomic E-state index is 11.9. The number of likely N-dealkylation sites (N-methyl/N-ethyl adjacent to an activating group) is 1. The third kappa shape index (κ3) is 5.46. The number of hydrogen-bond acceptors (Lipinski definition) is 3. The van der Waals surface area contributed by atoms with Crippen molar-refractivity contribution >= 4 is 41.8 Å². The summed E-state index contributed by atoms with van der Waals surface area (Å²) in [6.07, 6.45) is 6.51. The fourth-order valence-electron chi connectivity index (χ4n) is 4.07. The highest BCUT2D eigenvalue weighted by atomic mass is 127. The molecule has 2 saturated carbocycles. The summed E-state index contributed by atoms with van der Waals surface area (Å²) in [6.45, 7) is 0.750. The largest absolute Gasteiger partial charge is 0.354 e. The molecule has 3 N–H and O–H groups in total. The molecule has 1 saturated heterocycles. The van der Waals surface area contributed by atoms with E-state index in [1.165, 1.54) is 25.7 Å². The molecule has 0 aromatic heterocycles. The number of nitrogens with zero attached hydrogens (tertiary/aromatic N) is 2. The van der Waals surface area contributed by atoms with Gasteiger partial charge in [0.2, 0.25) is 11.8 Å². The number of carbonyl (C=O) groups is 2. The maximum absolute atomic E-state index is 11.9.